The molecule has 1 aromatic rings. The van der Waals surface area contributed by atoms with E-state index in [9.17, 15) is 4.39 Å². The van der Waals surface area contributed by atoms with Gasteiger partial charge in [-0.2, -0.15) is 5.26 Å². The average molecular weight is 336 g/mol. The van der Waals surface area contributed by atoms with Crippen molar-refractivity contribution in [2.75, 3.05) is 18.5 Å². The smallest absolute Gasteiger partial charge is 0.143 e. The molecule has 0 bridgehead atoms. The molecule has 0 aliphatic rings. The Morgan fingerprint density at radius 2 is 2.25 bits per heavy atom. The van der Waals surface area contributed by atoms with Gasteiger partial charge in [-0.15, -0.1) is 0 Å². The molecule has 0 aromatic heterocycles. The second-order valence-electron chi connectivity index (χ2n) is 3.14. The van der Waals surface area contributed by atoms with Crippen LogP contribution in [0.2, 0.25) is 0 Å². The highest BCUT2D eigenvalue weighted by Crippen LogP contribution is 2.22. The summed E-state index contributed by atoms with van der Waals surface area (Å²) in [5.41, 5.74) is 0.474. The quantitative estimate of drug-likeness (QED) is 0.719. The van der Waals surface area contributed by atoms with Gasteiger partial charge in [0.25, 0.3) is 0 Å². The number of benzene rings is 1. The third-order valence-corrected chi connectivity index (χ3v) is 2.81. The first kappa shape index (κ1) is 13.2. The Hall–Kier alpha value is -0.910. The van der Waals surface area contributed by atoms with Crippen LogP contribution in [0.25, 0.3) is 0 Å². The predicted molar refractivity (Wildman–Crippen MR) is 65.4 cm³/mol. The number of aliphatic hydroxyl groups excluding tert-OH is 2. The van der Waals surface area contributed by atoms with Gasteiger partial charge in [-0.25, -0.2) is 4.39 Å². The van der Waals surface area contributed by atoms with Gasteiger partial charge in [0.2, 0.25) is 0 Å². The molecule has 6 heteroatoms. The lowest BCUT2D eigenvalue weighted by molar-refractivity contribution is 0.105. The fraction of sp³-hybridized carbons (Fsp3) is 0.300. The molecule has 0 heterocycles. The summed E-state index contributed by atoms with van der Waals surface area (Å²) in [5, 5.41) is 29.1. The van der Waals surface area contributed by atoms with E-state index in [1.165, 1.54) is 12.1 Å². The maximum Gasteiger partial charge on any atom is 0.143 e. The van der Waals surface area contributed by atoms with Crippen molar-refractivity contribution in [2.24, 2.45) is 0 Å². The third kappa shape index (κ3) is 3.30. The van der Waals surface area contributed by atoms with Gasteiger partial charge in [0.1, 0.15) is 11.9 Å². The van der Waals surface area contributed by atoms with Gasteiger partial charge in [0, 0.05) is 10.1 Å². The van der Waals surface area contributed by atoms with E-state index in [-0.39, 0.29) is 18.7 Å². The number of hydrogen-bond donors (Lipinski definition) is 3. The molecule has 0 saturated carbocycles. The first-order valence-corrected chi connectivity index (χ1v) is 5.58. The fourth-order valence-electron chi connectivity index (χ4n) is 1.06. The summed E-state index contributed by atoms with van der Waals surface area (Å²) < 4.78 is 13.9. The van der Waals surface area contributed by atoms with Crippen LogP contribution in [0.5, 0.6) is 0 Å². The van der Waals surface area contributed by atoms with Crippen LogP contribution in [0.3, 0.4) is 0 Å². The second kappa shape index (κ2) is 5.98. The summed E-state index contributed by atoms with van der Waals surface area (Å²) in [6.07, 6.45) is -0.894. The van der Waals surface area contributed by atoms with Crippen LogP contribution in [-0.2, 0) is 0 Å². The van der Waals surface area contributed by atoms with Gasteiger partial charge in [-0.05, 0) is 34.7 Å². The van der Waals surface area contributed by atoms with Gasteiger partial charge < -0.3 is 15.5 Å². The van der Waals surface area contributed by atoms with Crippen LogP contribution < -0.4 is 5.32 Å². The van der Waals surface area contributed by atoms with Crippen molar-refractivity contribution in [1.29, 1.82) is 5.26 Å². The highest BCUT2D eigenvalue weighted by atomic mass is 127. The lowest BCUT2D eigenvalue weighted by Crippen LogP contribution is -2.23. The molecule has 3 N–H and O–H groups in total. The number of aliphatic hydroxyl groups is 2. The van der Waals surface area contributed by atoms with Gasteiger partial charge >= 0.3 is 0 Å². The number of nitrogens with zero attached hydrogens (tertiary/aromatic N) is 1. The van der Waals surface area contributed by atoms with Crippen LogP contribution in [0, 0.1) is 20.7 Å². The first-order chi connectivity index (χ1) is 7.58. The molecule has 16 heavy (non-hydrogen) atoms. The molecular formula is C10H10FIN2O2. The molecule has 86 valence electrons. The summed E-state index contributed by atoms with van der Waals surface area (Å²) in [4.78, 5) is 0. The molecule has 0 spiro atoms. The van der Waals surface area contributed by atoms with Crippen molar-refractivity contribution in [2.45, 2.75) is 6.10 Å². The molecular weight excluding hydrogens is 326 g/mol. The number of halogens is 2. The number of nitrogens with one attached hydrogen (secondary N) is 1. The number of rotatable bonds is 4. The van der Waals surface area contributed by atoms with Crippen molar-refractivity contribution in [1.82, 2.24) is 0 Å². The van der Waals surface area contributed by atoms with E-state index in [4.69, 9.17) is 15.5 Å². The predicted octanol–water partition coefficient (Wildman–Crippen LogP) is 1.07. The zero-order valence-electron chi connectivity index (χ0n) is 8.24. The van der Waals surface area contributed by atoms with Crippen LogP contribution in [0.15, 0.2) is 12.1 Å². The molecule has 1 aromatic carbocycles. The Labute approximate surface area is 106 Å². The molecule has 0 radical (unpaired) electrons. The first-order valence-electron chi connectivity index (χ1n) is 4.50. The maximum absolute atomic E-state index is 13.3. The molecule has 4 nitrogen and oxygen atoms in total. The van der Waals surface area contributed by atoms with Crippen molar-refractivity contribution in [3.63, 3.8) is 0 Å². The molecule has 1 unspecified atom stereocenters. The van der Waals surface area contributed by atoms with Crippen molar-refractivity contribution in [3.05, 3.63) is 27.1 Å². The Kier molecular flexibility index (Phi) is 4.92. The number of nitriles is 1. The lowest BCUT2D eigenvalue weighted by atomic mass is 10.2. The minimum Gasteiger partial charge on any atom is -0.394 e. The highest BCUT2D eigenvalue weighted by Gasteiger charge is 2.09. The normalized spacial score (nSPS) is 11.9. The minimum atomic E-state index is -0.894. The van der Waals surface area contributed by atoms with Crippen molar-refractivity contribution >= 4 is 28.3 Å². The molecule has 0 aliphatic heterocycles. The molecule has 0 amide bonds. The van der Waals surface area contributed by atoms with E-state index in [1.807, 2.05) is 22.6 Å². The van der Waals surface area contributed by atoms with Gasteiger partial charge in [0.15, 0.2) is 0 Å². The van der Waals surface area contributed by atoms with Crippen LogP contribution in [0.4, 0.5) is 10.1 Å². The van der Waals surface area contributed by atoms with E-state index < -0.39 is 11.9 Å². The Bertz CT molecular complexity index is 420. The Morgan fingerprint density at radius 1 is 1.56 bits per heavy atom. The van der Waals surface area contributed by atoms with Crippen molar-refractivity contribution in [3.8, 4) is 6.07 Å². The van der Waals surface area contributed by atoms with E-state index in [0.29, 0.717) is 9.26 Å². The van der Waals surface area contributed by atoms with Crippen molar-refractivity contribution < 1.29 is 14.6 Å². The fourth-order valence-corrected chi connectivity index (χ4v) is 1.72. The Balaban J connectivity index is 2.82. The third-order valence-electron chi connectivity index (χ3n) is 1.92. The summed E-state index contributed by atoms with van der Waals surface area (Å²) in [6.45, 7) is -0.236. The van der Waals surface area contributed by atoms with E-state index in [1.54, 1.807) is 6.07 Å². The largest absolute Gasteiger partial charge is 0.394 e. The van der Waals surface area contributed by atoms with Crippen LogP contribution in [0.1, 0.15) is 5.56 Å². The minimum absolute atomic E-state index is 0.0161. The molecule has 1 atom stereocenters. The van der Waals surface area contributed by atoms with Gasteiger partial charge in [-0.1, -0.05) is 0 Å². The summed E-state index contributed by atoms with van der Waals surface area (Å²) in [6, 6.07) is 4.36. The zero-order chi connectivity index (χ0) is 12.1. The summed E-state index contributed by atoms with van der Waals surface area (Å²) in [7, 11) is 0. The monoisotopic (exact) mass is 336 g/mol. The second-order valence-corrected chi connectivity index (χ2v) is 4.30. The highest BCUT2D eigenvalue weighted by molar-refractivity contribution is 14.1. The SMILES string of the molecule is N#Cc1cc(I)c(NCC(O)CO)cc1F. The van der Waals surface area contributed by atoms with E-state index >= 15 is 0 Å². The molecule has 1 rings (SSSR count). The topological polar surface area (TPSA) is 76.3 Å². The number of hydrogen-bond acceptors (Lipinski definition) is 4. The summed E-state index contributed by atoms with van der Waals surface area (Å²) >= 11 is 1.96. The van der Waals surface area contributed by atoms with E-state index in [2.05, 4.69) is 5.32 Å². The van der Waals surface area contributed by atoms with Crippen LogP contribution >= 0.6 is 22.6 Å². The average Bonchev–Trinajstić information content (AvgIpc) is 2.29. The molecule has 0 saturated heterocycles. The van der Waals surface area contributed by atoms with Crippen LogP contribution in [-0.4, -0.2) is 29.5 Å². The summed E-state index contributed by atoms with van der Waals surface area (Å²) in [5.74, 6) is -0.607. The molecule has 0 aliphatic carbocycles. The van der Waals surface area contributed by atoms with E-state index in [0.717, 1.165) is 0 Å². The maximum atomic E-state index is 13.3. The zero-order valence-corrected chi connectivity index (χ0v) is 10.4. The standard InChI is InChI=1S/C10H10FIN2O2/c11-8-2-10(14-4-7(16)5-15)9(12)1-6(8)3-13/h1-2,7,14-16H,4-5H2. The lowest BCUT2D eigenvalue weighted by Gasteiger charge is -2.12. The Morgan fingerprint density at radius 3 is 2.81 bits per heavy atom. The van der Waals surface area contributed by atoms with Gasteiger partial charge in [-0.3, -0.25) is 0 Å². The molecule has 0 fully saturated rings. The van der Waals surface area contributed by atoms with Gasteiger partial charge in [0.05, 0.1) is 24.0 Å². The number of anilines is 1.